The molecule has 4 aromatic carbocycles. The van der Waals surface area contributed by atoms with Crippen molar-refractivity contribution < 1.29 is 15.6 Å². The molecule has 0 N–H and O–H groups in total. The third-order valence-electron chi connectivity index (χ3n) is 10.1. The van der Waals surface area contributed by atoms with Crippen LogP contribution >= 0.6 is 17.0 Å². The molecular formula is C38H41Cl2SiZr. The summed E-state index contributed by atoms with van der Waals surface area (Å²) < 4.78 is 0.215. The van der Waals surface area contributed by atoms with Crippen LogP contribution in [0.15, 0.2) is 96.1 Å². The third kappa shape index (κ3) is 4.47. The molecule has 2 aliphatic rings. The Morgan fingerprint density at radius 1 is 0.571 bits per heavy atom. The van der Waals surface area contributed by atoms with Crippen LogP contribution in [0.2, 0.25) is 13.1 Å². The zero-order valence-electron chi connectivity index (χ0n) is 25.6. The molecular weight excluding hydrogens is 647 g/mol. The van der Waals surface area contributed by atoms with Crippen molar-refractivity contribution >= 4 is 35.1 Å². The molecule has 0 fully saturated rings. The first kappa shape index (κ1) is 30.1. The fourth-order valence-corrected chi connectivity index (χ4v) is 41.0. The number of fused-ring (bicyclic) bond motifs is 2. The van der Waals surface area contributed by atoms with Crippen LogP contribution in [0, 0.1) is 0 Å². The van der Waals surface area contributed by atoms with E-state index in [0.717, 1.165) is 12.8 Å². The molecule has 215 valence electrons. The summed E-state index contributed by atoms with van der Waals surface area (Å²) in [6.45, 7) is 13.9. The number of hydrogen-bond donors (Lipinski definition) is 0. The van der Waals surface area contributed by atoms with Gasteiger partial charge in [0.2, 0.25) is 0 Å². The van der Waals surface area contributed by atoms with E-state index in [1.165, 1.54) is 66.8 Å². The number of benzene rings is 4. The van der Waals surface area contributed by atoms with Gasteiger partial charge in [0.25, 0.3) is 0 Å². The first-order valence-corrected chi connectivity index (χ1v) is 31.8. The monoisotopic (exact) mass is 685 g/mol. The predicted octanol–water partition coefficient (Wildman–Crippen LogP) is 11.7. The number of rotatable bonds is 7. The average Bonchev–Trinajstić information content (AvgIpc) is 3.53. The molecule has 2 atom stereocenters. The average molecular weight is 688 g/mol. The first-order valence-electron chi connectivity index (χ1n) is 15.5. The Balaban J connectivity index is 1.56. The maximum absolute atomic E-state index is 8.46. The van der Waals surface area contributed by atoms with Crippen LogP contribution in [0.5, 0.6) is 0 Å². The van der Waals surface area contributed by atoms with Crippen LogP contribution in [0.1, 0.15) is 68.3 Å². The van der Waals surface area contributed by atoms with Crippen LogP contribution in [0.25, 0.3) is 34.4 Å². The zero-order chi connectivity index (χ0) is 29.8. The zero-order valence-corrected chi connectivity index (χ0v) is 30.8. The van der Waals surface area contributed by atoms with E-state index in [2.05, 4.69) is 138 Å². The molecule has 0 nitrogen and oxygen atoms in total. The standard InChI is InChI=1S/2C18H17.C2H7Si.2ClH.Zr/c2*1-3-14-7-4-5-9-16(14)17-10-6-8-15-11-13(2)12-18(15)17;1-3-2;;;/h2*4-12H,3H2,1-2H3;3H,1-2H3;2*1H;/q;;;;;+2/p-2. The second kappa shape index (κ2) is 11.2. The maximum atomic E-state index is 8.46. The minimum atomic E-state index is -4.69. The summed E-state index contributed by atoms with van der Waals surface area (Å²) in [5.41, 5.74) is 16.0. The molecule has 4 heteroatoms. The van der Waals surface area contributed by atoms with Gasteiger partial charge >= 0.3 is 263 Å². The van der Waals surface area contributed by atoms with Crippen molar-refractivity contribution in [1.29, 1.82) is 0 Å². The Labute approximate surface area is 261 Å². The van der Waals surface area contributed by atoms with E-state index in [-0.39, 0.29) is 7.25 Å². The van der Waals surface area contributed by atoms with E-state index < -0.39 is 21.5 Å². The Kier molecular flexibility index (Phi) is 8.02. The molecule has 0 aliphatic heterocycles. The van der Waals surface area contributed by atoms with Crippen LogP contribution in [-0.4, -0.2) is 5.92 Å². The summed E-state index contributed by atoms with van der Waals surface area (Å²) in [7, 11) is 16.9. The summed E-state index contributed by atoms with van der Waals surface area (Å²) in [5.74, 6) is -1.57. The fraction of sp³-hybridized carbons (Fsp3) is 0.263. The molecule has 0 radical (unpaired) electrons. The van der Waals surface area contributed by atoms with E-state index in [1.807, 2.05) is 0 Å². The van der Waals surface area contributed by atoms with E-state index in [4.69, 9.17) is 17.0 Å². The minimum absolute atomic E-state index is 0.107. The Morgan fingerprint density at radius 2 is 0.952 bits per heavy atom. The second-order valence-corrected chi connectivity index (χ2v) is 55.2. The summed E-state index contributed by atoms with van der Waals surface area (Å²) in [6, 6.07) is 31.3. The van der Waals surface area contributed by atoms with Crippen LogP contribution in [0.4, 0.5) is 0 Å². The van der Waals surface area contributed by atoms with Gasteiger partial charge in [-0.2, -0.15) is 0 Å². The van der Waals surface area contributed by atoms with Crippen LogP contribution < -0.4 is 0 Å². The summed E-state index contributed by atoms with van der Waals surface area (Å²) in [5, 5.41) is 0. The predicted molar refractivity (Wildman–Crippen MR) is 186 cm³/mol. The van der Waals surface area contributed by atoms with E-state index >= 15 is 0 Å². The van der Waals surface area contributed by atoms with Gasteiger partial charge in [0, 0.05) is 0 Å². The first-order chi connectivity index (χ1) is 20.1. The van der Waals surface area contributed by atoms with Gasteiger partial charge in [0.05, 0.1) is 0 Å². The van der Waals surface area contributed by atoms with Gasteiger partial charge in [-0.05, 0) is 0 Å². The molecule has 4 aromatic rings. The van der Waals surface area contributed by atoms with Crippen molar-refractivity contribution in [3.63, 3.8) is 0 Å². The van der Waals surface area contributed by atoms with Crippen molar-refractivity contribution in [3.05, 3.63) is 129 Å². The van der Waals surface area contributed by atoms with Gasteiger partial charge in [0.15, 0.2) is 0 Å². The van der Waals surface area contributed by atoms with Gasteiger partial charge in [0.1, 0.15) is 0 Å². The molecule has 0 aromatic heterocycles. The molecule has 0 heterocycles. The quantitative estimate of drug-likeness (QED) is 0.170. The molecule has 0 amide bonds. The molecule has 0 bridgehead atoms. The Morgan fingerprint density at radius 3 is 1.33 bits per heavy atom. The third-order valence-corrected chi connectivity index (χ3v) is 62.4. The van der Waals surface area contributed by atoms with Gasteiger partial charge < -0.3 is 0 Å². The van der Waals surface area contributed by atoms with Gasteiger partial charge in [-0.15, -0.1) is 0 Å². The number of aryl methyl sites for hydroxylation is 2. The van der Waals surface area contributed by atoms with Gasteiger partial charge in [-0.1, -0.05) is 0 Å². The molecule has 0 saturated carbocycles. The molecule has 0 saturated heterocycles. The van der Waals surface area contributed by atoms with E-state index in [0.29, 0.717) is 0 Å². The summed E-state index contributed by atoms with van der Waals surface area (Å²) >= 11 is -4.69. The fourth-order valence-electron chi connectivity index (χ4n) is 8.05. The summed E-state index contributed by atoms with van der Waals surface area (Å²) in [6.07, 6.45) is 6.85. The Bertz CT molecular complexity index is 1640. The molecule has 2 unspecified atom stereocenters. The molecule has 2 aliphatic carbocycles. The molecule has 0 spiro atoms. The van der Waals surface area contributed by atoms with Gasteiger partial charge in [-0.3, -0.25) is 0 Å². The summed E-state index contributed by atoms with van der Waals surface area (Å²) in [4.78, 5) is 0. The Hall–Kier alpha value is -1.96. The molecule has 6 rings (SSSR count). The van der Waals surface area contributed by atoms with Gasteiger partial charge in [-0.25, -0.2) is 0 Å². The van der Waals surface area contributed by atoms with Crippen molar-refractivity contribution in [3.8, 4) is 22.3 Å². The van der Waals surface area contributed by atoms with Crippen molar-refractivity contribution in [1.82, 2.24) is 0 Å². The van der Waals surface area contributed by atoms with E-state index in [9.17, 15) is 0 Å². The van der Waals surface area contributed by atoms with Crippen LogP contribution in [0.3, 0.4) is 0 Å². The van der Waals surface area contributed by atoms with Crippen molar-refractivity contribution in [2.75, 3.05) is 0 Å². The second-order valence-electron chi connectivity index (χ2n) is 12.7. The normalized spacial score (nSPS) is 18.7. The number of halogens is 2. The van der Waals surface area contributed by atoms with Crippen molar-refractivity contribution in [2.45, 2.75) is 60.9 Å². The number of hydrogen-bond acceptors (Lipinski definition) is 0. The molecule has 42 heavy (non-hydrogen) atoms. The SMILES string of the molecule is CCc1ccccc1-c1cccc2c1C=C(C)[CH]2[Zr]([Cl])([Cl])([CH]1C(C)=Cc2c(-c3ccccc3CC)cccc21)[SiH](C)C. The van der Waals surface area contributed by atoms with Crippen LogP contribution in [-0.2, 0) is 28.4 Å². The van der Waals surface area contributed by atoms with Crippen molar-refractivity contribution in [2.24, 2.45) is 0 Å². The topological polar surface area (TPSA) is 0 Å². The van der Waals surface area contributed by atoms with E-state index in [1.54, 1.807) is 0 Å². The number of allylic oxidation sites excluding steroid dienone is 2.